The van der Waals surface area contributed by atoms with Crippen molar-refractivity contribution >= 4 is 17.9 Å². The molecule has 0 saturated heterocycles. The highest BCUT2D eigenvalue weighted by Crippen LogP contribution is 2.13. The normalized spacial score (nSPS) is 13.4. The van der Waals surface area contributed by atoms with E-state index in [2.05, 4.69) is 191 Å². The van der Waals surface area contributed by atoms with Crippen molar-refractivity contribution in [3.63, 3.8) is 0 Å². The second kappa shape index (κ2) is 66.0. The van der Waals surface area contributed by atoms with Gasteiger partial charge in [0.2, 0.25) is 0 Å². The van der Waals surface area contributed by atoms with E-state index in [4.69, 9.17) is 14.2 Å². The molecular formula is C74H114O6. The van der Waals surface area contributed by atoms with E-state index in [9.17, 15) is 14.4 Å². The van der Waals surface area contributed by atoms with Crippen LogP contribution < -0.4 is 0 Å². The number of unbranched alkanes of at least 4 members (excludes halogenated alkanes) is 14. The molecule has 0 aromatic carbocycles. The summed E-state index contributed by atoms with van der Waals surface area (Å²) in [6.45, 7) is 6.29. The molecule has 6 heteroatoms. The van der Waals surface area contributed by atoms with Gasteiger partial charge < -0.3 is 14.2 Å². The van der Waals surface area contributed by atoms with Crippen molar-refractivity contribution in [1.82, 2.24) is 0 Å². The van der Waals surface area contributed by atoms with E-state index in [0.29, 0.717) is 19.3 Å². The van der Waals surface area contributed by atoms with E-state index in [0.717, 1.165) is 141 Å². The van der Waals surface area contributed by atoms with Gasteiger partial charge in [0, 0.05) is 19.3 Å². The van der Waals surface area contributed by atoms with Gasteiger partial charge >= 0.3 is 17.9 Å². The second-order valence-corrected chi connectivity index (χ2v) is 20.2. The molecule has 0 spiro atoms. The smallest absolute Gasteiger partial charge is 0.306 e. The minimum Gasteiger partial charge on any atom is -0.462 e. The zero-order valence-corrected chi connectivity index (χ0v) is 51.0. The lowest BCUT2D eigenvalue weighted by molar-refractivity contribution is -0.166. The van der Waals surface area contributed by atoms with Crippen LogP contribution in [0.4, 0.5) is 0 Å². The van der Waals surface area contributed by atoms with Gasteiger partial charge in [-0.2, -0.15) is 0 Å². The molecule has 0 bridgehead atoms. The lowest BCUT2D eigenvalue weighted by atomic mass is 10.1. The largest absolute Gasteiger partial charge is 0.462 e. The monoisotopic (exact) mass is 1100 g/mol. The summed E-state index contributed by atoms with van der Waals surface area (Å²) >= 11 is 0. The molecule has 0 N–H and O–H groups in total. The van der Waals surface area contributed by atoms with Gasteiger partial charge in [0.05, 0.1) is 0 Å². The molecule has 6 nitrogen and oxygen atoms in total. The number of hydrogen-bond acceptors (Lipinski definition) is 6. The van der Waals surface area contributed by atoms with Crippen molar-refractivity contribution in [1.29, 1.82) is 0 Å². The molecule has 0 saturated carbocycles. The topological polar surface area (TPSA) is 78.9 Å². The van der Waals surface area contributed by atoms with Crippen LogP contribution in [-0.4, -0.2) is 37.2 Å². The summed E-state index contributed by atoms with van der Waals surface area (Å²) in [5.41, 5.74) is 0. The molecule has 0 heterocycles. The van der Waals surface area contributed by atoms with Gasteiger partial charge in [-0.05, 0) is 148 Å². The third kappa shape index (κ3) is 63.3. The average molecular weight is 1100 g/mol. The lowest BCUT2D eigenvalue weighted by Crippen LogP contribution is -2.30. The van der Waals surface area contributed by atoms with Crippen molar-refractivity contribution in [3.05, 3.63) is 182 Å². The van der Waals surface area contributed by atoms with Gasteiger partial charge in [0.1, 0.15) is 13.2 Å². The third-order valence-electron chi connectivity index (χ3n) is 12.6. The van der Waals surface area contributed by atoms with Crippen molar-refractivity contribution in [2.75, 3.05) is 13.2 Å². The van der Waals surface area contributed by atoms with Crippen LogP contribution in [-0.2, 0) is 28.6 Å². The van der Waals surface area contributed by atoms with Gasteiger partial charge in [0.15, 0.2) is 6.10 Å². The number of hydrogen-bond donors (Lipinski definition) is 0. The third-order valence-corrected chi connectivity index (χ3v) is 12.6. The zero-order valence-electron chi connectivity index (χ0n) is 51.0. The molecule has 0 fully saturated rings. The Morgan fingerprint density at radius 2 is 0.512 bits per heavy atom. The van der Waals surface area contributed by atoms with Gasteiger partial charge in [-0.15, -0.1) is 0 Å². The van der Waals surface area contributed by atoms with Gasteiger partial charge in [-0.3, -0.25) is 14.4 Å². The number of allylic oxidation sites excluding steroid dienone is 30. The fourth-order valence-corrected chi connectivity index (χ4v) is 7.95. The molecule has 0 amide bonds. The van der Waals surface area contributed by atoms with Crippen molar-refractivity contribution in [2.45, 2.75) is 252 Å². The molecule has 1 unspecified atom stereocenters. The van der Waals surface area contributed by atoms with E-state index >= 15 is 0 Å². The molecule has 0 aromatic rings. The first kappa shape index (κ1) is 74.5. The molecule has 0 aliphatic carbocycles. The van der Waals surface area contributed by atoms with Crippen LogP contribution in [0.5, 0.6) is 0 Å². The summed E-state index contributed by atoms with van der Waals surface area (Å²) in [4.78, 5) is 38.3. The second-order valence-electron chi connectivity index (χ2n) is 20.2. The summed E-state index contributed by atoms with van der Waals surface area (Å²) in [6.07, 6.45) is 99.0. The van der Waals surface area contributed by atoms with E-state index < -0.39 is 12.1 Å². The van der Waals surface area contributed by atoms with Crippen LogP contribution in [0, 0.1) is 0 Å². The van der Waals surface area contributed by atoms with Crippen LogP contribution in [0.3, 0.4) is 0 Å². The highest BCUT2D eigenvalue weighted by atomic mass is 16.6. The van der Waals surface area contributed by atoms with Crippen LogP contribution in [0.2, 0.25) is 0 Å². The first-order chi connectivity index (χ1) is 39.5. The average Bonchev–Trinajstić information content (AvgIpc) is 3.46. The molecule has 0 rings (SSSR count). The van der Waals surface area contributed by atoms with E-state index in [1.54, 1.807) is 0 Å². The summed E-state index contributed by atoms with van der Waals surface area (Å²) in [5.74, 6) is -1.07. The Morgan fingerprint density at radius 1 is 0.263 bits per heavy atom. The fourth-order valence-electron chi connectivity index (χ4n) is 7.95. The summed E-state index contributed by atoms with van der Waals surface area (Å²) in [5, 5.41) is 0. The standard InChI is InChI=1S/C74H114O6/c1-4-7-10-13-16-19-22-25-28-31-34-35-36-37-38-39-41-43-46-49-52-55-58-61-64-67-73(76)79-70-71(69-78-72(75)66-63-60-57-54-51-48-45-42-33-30-27-24-21-18-15-12-9-6-3)80-74(77)68-65-62-59-56-53-50-47-44-40-32-29-26-23-20-17-14-11-8-5-2/h7-8,10-11,16-17,19-21,24-26,28-30,33-35,37-38,40-41,43-44,49-50,52-53,59,62,71H,4-6,9,12-15,18,22-23,27,31-32,36,39,42,45-48,51,54-58,60-61,63-70H2,1-3H3/b10-7-,11-8-,19-16-,20-17-,24-21-,28-25-,29-26-,33-30-,35-34-,38-37-,43-41-,44-40-,52-49-,53-50-,62-59-. The SMILES string of the molecule is CC/C=C\C/C=C\C/C=C\C/C=C\C/C=C\C/C=C\C/C=C\CCCCCC(=O)OCC(COC(=O)CCCCCCCCC/C=C\C/C=C\CCCCCC)OC(=O)CC/C=C\C/C=C\C/C=C\C/C=C\C/C=C\C/C=C\CC. The van der Waals surface area contributed by atoms with Gasteiger partial charge in [0.25, 0.3) is 0 Å². The van der Waals surface area contributed by atoms with Crippen LogP contribution >= 0.6 is 0 Å². The highest BCUT2D eigenvalue weighted by Gasteiger charge is 2.19. The maximum Gasteiger partial charge on any atom is 0.306 e. The quantitative estimate of drug-likeness (QED) is 0.0261. The van der Waals surface area contributed by atoms with E-state index in [1.807, 2.05) is 12.2 Å². The molecule has 0 aromatic heterocycles. The van der Waals surface area contributed by atoms with Crippen LogP contribution in [0.25, 0.3) is 0 Å². The molecule has 0 radical (unpaired) electrons. The van der Waals surface area contributed by atoms with Gasteiger partial charge in [-0.25, -0.2) is 0 Å². The number of rotatable bonds is 55. The van der Waals surface area contributed by atoms with Crippen LogP contribution in [0.1, 0.15) is 245 Å². The Bertz CT molecular complexity index is 1890. The summed E-state index contributed by atoms with van der Waals surface area (Å²) < 4.78 is 16.8. The fraction of sp³-hybridized carbons (Fsp3) is 0.554. The Labute approximate surface area is 491 Å². The molecule has 446 valence electrons. The van der Waals surface area contributed by atoms with E-state index in [1.165, 1.54) is 57.8 Å². The number of esters is 3. The zero-order chi connectivity index (χ0) is 57.8. The highest BCUT2D eigenvalue weighted by molar-refractivity contribution is 5.71. The molecular weight excluding hydrogens is 985 g/mol. The van der Waals surface area contributed by atoms with Crippen LogP contribution in [0.15, 0.2) is 182 Å². The maximum absolute atomic E-state index is 12.9. The molecule has 0 aliphatic rings. The Hall–Kier alpha value is -5.49. The predicted molar refractivity (Wildman–Crippen MR) is 348 cm³/mol. The predicted octanol–water partition coefficient (Wildman–Crippen LogP) is 22.0. The van der Waals surface area contributed by atoms with Crippen molar-refractivity contribution in [3.8, 4) is 0 Å². The minimum absolute atomic E-state index is 0.132. The molecule has 80 heavy (non-hydrogen) atoms. The maximum atomic E-state index is 12.9. The number of ether oxygens (including phenoxy) is 3. The Morgan fingerprint density at radius 3 is 0.825 bits per heavy atom. The number of carbonyl (C=O) groups excluding carboxylic acids is 3. The summed E-state index contributed by atoms with van der Waals surface area (Å²) in [7, 11) is 0. The first-order valence-corrected chi connectivity index (χ1v) is 31.8. The van der Waals surface area contributed by atoms with Crippen molar-refractivity contribution in [2.24, 2.45) is 0 Å². The summed E-state index contributed by atoms with van der Waals surface area (Å²) in [6, 6.07) is 0. The molecule has 0 aliphatic heterocycles. The molecule has 1 atom stereocenters. The Kier molecular flexibility index (Phi) is 61.5. The first-order valence-electron chi connectivity index (χ1n) is 31.8. The van der Waals surface area contributed by atoms with Gasteiger partial charge in [-0.1, -0.05) is 261 Å². The lowest BCUT2D eigenvalue weighted by Gasteiger charge is -2.18. The minimum atomic E-state index is -0.849. The van der Waals surface area contributed by atoms with Crippen molar-refractivity contribution < 1.29 is 28.6 Å². The van der Waals surface area contributed by atoms with E-state index in [-0.39, 0.29) is 31.6 Å². The Balaban J connectivity index is 4.60. The number of carbonyl (C=O) groups is 3.